The average Bonchev–Trinajstić information content (AvgIpc) is 2.58. The second-order valence-electron chi connectivity index (χ2n) is 4.00. The third-order valence-electron chi connectivity index (χ3n) is 2.58. The number of benzene rings is 1. The topological polar surface area (TPSA) is 55.4 Å². The van der Waals surface area contributed by atoms with Crippen LogP contribution in [0.15, 0.2) is 36.0 Å². The van der Waals surface area contributed by atoms with E-state index in [2.05, 4.69) is 5.32 Å². The summed E-state index contributed by atoms with van der Waals surface area (Å²) in [6.45, 7) is 3.67. The molecular weight excluding hydrogens is 218 g/mol. The summed E-state index contributed by atoms with van der Waals surface area (Å²) in [5, 5.41) is 2.67. The Labute approximate surface area is 99.3 Å². The Hall–Kier alpha value is -2.10. The molecule has 4 heteroatoms. The van der Waals surface area contributed by atoms with E-state index in [1.165, 1.54) is 6.08 Å². The highest BCUT2D eigenvalue weighted by Crippen LogP contribution is 2.13. The van der Waals surface area contributed by atoms with E-state index in [4.69, 9.17) is 4.74 Å². The number of carbonyl (C=O) groups is 2. The number of amides is 1. The van der Waals surface area contributed by atoms with Crippen LogP contribution in [-0.4, -0.2) is 18.0 Å². The smallest absolute Gasteiger partial charge is 0.333 e. The lowest BCUT2D eigenvalue weighted by Crippen LogP contribution is -2.27. The lowest BCUT2D eigenvalue weighted by atomic mass is 10.1. The van der Waals surface area contributed by atoms with Crippen molar-refractivity contribution in [1.29, 1.82) is 0 Å². The summed E-state index contributed by atoms with van der Waals surface area (Å²) in [4.78, 5) is 22.8. The molecule has 1 aromatic rings. The maximum Gasteiger partial charge on any atom is 0.333 e. The predicted molar refractivity (Wildman–Crippen MR) is 62.3 cm³/mol. The van der Waals surface area contributed by atoms with Crippen molar-refractivity contribution in [3.05, 3.63) is 47.2 Å². The SMILES string of the molecule is Cc1ccc(C(=O)NC2=CC(=O)OC2C)cc1. The van der Waals surface area contributed by atoms with Crippen molar-refractivity contribution in [1.82, 2.24) is 5.32 Å². The van der Waals surface area contributed by atoms with Crippen molar-refractivity contribution in [3.63, 3.8) is 0 Å². The zero-order chi connectivity index (χ0) is 12.4. The highest BCUT2D eigenvalue weighted by molar-refractivity contribution is 5.97. The van der Waals surface area contributed by atoms with Gasteiger partial charge in [0, 0.05) is 11.6 Å². The molecule has 1 unspecified atom stereocenters. The number of cyclic esters (lactones) is 1. The van der Waals surface area contributed by atoms with Crippen molar-refractivity contribution >= 4 is 11.9 Å². The van der Waals surface area contributed by atoms with Crippen LogP contribution in [0.5, 0.6) is 0 Å². The van der Waals surface area contributed by atoms with Crippen LogP contribution < -0.4 is 5.32 Å². The summed E-state index contributed by atoms with van der Waals surface area (Å²) in [5.41, 5.74) is 2.15. The van der Waals surface area contributed by atoms with Crippen LogP contribution in [-0.2, 0) is 9.53 Å². The van der Waals surface area contributed by atoms with E-state index in [0.29, 0.717) is 11.3 Å². The third kappa shape index (κ3) is 2.53. The molecule has 0 radical (unpaired) electrons. The first-order valence-electron chi connectivity index (χ1n) is 5.36. The Kier molecular flexibility index (Phi) is 2.95. The molecule has 0 fully saturated rings. The van der Waals surface area contributed by atoms with Gasteiger partial charge in [0.2, 0.25) is 0 Å². The Bertz CT molecular complexity index is 488. The molecule has 17 heavy (non-hydrogen) atoms. The van der Waals surface area contributed by atoms with Crippen LogP contribution in [0.25, 0.3) is 0 Å². The van der Waals surface area contributed by atoms with Gasteiger partial charge in [0.1, 0.15) is 6.10 Å². The first-order chi connectivity index (χ1) is 8.06. The Morgan fingerprint density at radius 2 is 1.94 bits per heavy atom. The number of carbonyl (C=O) groups excluding carboxylic acids is 2. The van der Waals surface area contributed by atoms with E-state index in [9.17, 15) is 9.59 Å². The van der Waals surface area contributed by atoms with Gasteiger partial charge < -0.3 is 10.1 Å². The van der Waals surface area contributed by atoms with E-state index >= 15 is 0 Å². The number of esters is 1. The molecule has 1 atom stereocenters. The molecule has 0 saturated heterocycles. The van der Waals surface area contributed by atoms with Crippen molar-refractivity contribution in [2.45, 2.75) is 20.0 Å². The minimum absolute atomic E-state index is 0.235. The second kappa shape index (κ2) is 4.41. The van der Waals surface area contributed by atoms with Gasteiger partial charge in [0.25, 0.3) is 5.91 Å². The van der Waals surface area contributed by atoms with Gasteiger partial charge in [-0.25, -0.2) is 4.79 Å². The maximum absolute atomic E-state index is 11.8. The second-order valence-corrected chi connectivity index (χ2v) is 4.00. The highest BCUT2D eigenvalue weighted by Gasteiger charge is 2.23. The molecule has 0 spiro atoms. The summed E-state index contributed by atoms with van der Waals surface area (Å²) in [5.74, 6) is -0.655. The van der Waals surface area contributed by atoms with E-state index in [-0.39, 0.29) is 5.91 Å². The molecule has 1 amide bonds. The largest absolute Gasteiger partial charge is 0.453 e. The first kappa shape index (κ1) is 11.4. The van der Waals surface area contributed by atoms with Gasteiger partial charge in [0.05, 0.1) is 5.70 Å². The summed E-state index contributed by atoms with van der Waals surface area (Å²) in [7, 11) is 0. The number of ether oxygens (including phenoxy) is 1. The zero-order valence-corrected chi connectivity index (χ0v) is 9.69. The van der Waals surface area contributed by atoms with Gasteiger partial charge >= 0.3 is 5.97 Å². The van der Waals surface area contributed by atoms with Crippen LogP contribution in [0.1, 0.15) is 22.8 Å². The molecule has 88 valence electrons. The normalized spacial score (nSPS) is 18.6. The summed E-state index contributed by atoms with van der Waals surface area (Å²) in [6, 6.07) is 7.22. The summed E-state index contributed by atoms with van der Waals surface area (Å²) < 4.78 is 4.88. The highest BCUT2D eigenvalue weighted by atomic mass is 16.5. The molecule has 1 heterocycles. The molecule has 1 aliphatic heterocycles. The van der Waals surface area contributed by atoms with Crippen LogP contribution in [0.2, 0.25) is 0 Å². The van der Waals surface area contributed by atoms with Crippen molar-refractivity contribution in [2.75, 3.05) is 0 Å². The number of hydrogen-bond donors (Lipinski definition) is 1. The van der Waals surface area contributed by atoms with E-state index in [0.717, 1.165) is 5.56 Å². The van der Waals surface area contributed by atoms with Crippen LogP contribution in [0.3, 0.4) is 0 Å². The molecule has 2 rings (SSSR count). The fourth-order valence-electron chi connectivity index (χ4n) is 1.56. The number of nitrogens with one attached hydrogen (secondary N) is 1. The molecule has 0 aromatic heterocycles. The summed E-state index contributed by atoms with van der Waals surface area (Å²) >= 11 is 0. The lowest BCUT2D eigenvalue weighted by molar-refractivity contribution is -0.138. The molecule has 1 aromatic carbocycles. The fraction of sp³-hybridized carbons (Fsp3) is 0.231. The maximum atomic E-state index is 11.8. The van der Waals surface area contributed by atoms with Gasteiger partial charge in [-0.15, -0.1) is 0 Å². The molecular formula is C13H13NO3. The van der Waals surface area contributed by atoms with Gasteiger partial charge in [-0.05, 0) is 26.0 Å². The van der Waals surface area contributed by atoms with E-state index in [1.54, 1.807) is 19.1 Å². The van der Waals surface area contributed by atoms with Crippen LogP contribution in [0.4, 0.5) is 0 Å². The first-order valence-corrected chi connectivity index (χ1v) is 5.36. The standard InChI is InChI=1S/C13H13NO3/c1-8-3-5-10(6-4-8)13(16)14-11-7-12(15)17-9(11)2/h3-7,9H,1-2H3,(H,14,16). The van der Waals surface area contributed by atoms with Crippen molar-refractivity contribution < 1.29 is 14.3 Å². The number of hydrogen-bond acceptors (Lipinski definition) is 3. The molecule has 0 saturated carbocycles. The monoisotopic (exact) mass is 231 g/mol. The van der Waals surface area contributed by atoms with E-state index < -0.39 is 12.1 Å². The molecule has 0 bridgehead atoms. The zero-order valence-electron chi connectivity index (χ0n) is 9.69. The Morgan fingerprint density at radius 3 is 2.47 bits per heavy atom. The lowest BCUT2D eigenvalue weighted by Gasteiger charge is -2.10. The average molecular weight is 231 g/mol. The van der Waals surface area contributed by atoms with Gasteiger partial charge in [-0.3, -0.25) is 4.79 Å². The van der Waals surface area contributed by atoms with E-state index in [1.807, 2.05) is 19.1 Å². The molecule has 0 aliphatic carbocycles. The molecule has 4 nitrogen and oxygen atoms in total. The molecule has 1 N–H and O–H groups in total. The third-order valence-corrected chi connectivity index (χ3v) is 2.58. The van der Waals surface area contributed by atoms with Crippen LogP contribution in [0, 0.1) is 6.92 Å². The summed E-state index contributed by atoms with van der Waals surface area (Å²) in [6.07, 6.45) is 0.911. The Balaban J connectivity index is 2.10. The van der Waals surface area contributed by atoms with Gasteiger partial charge in [-0.1, -0.05) is 17.7 Å². The predicted octanol–water partition coefficient (Wildman–Crippen LogP) is 1.55. The van der Waals surface area contributed by atoms with Gasteiger partial charge in [0.15, 0.2) is 0 Å². The van der Waals surface area contributed by atoms with Crippen LogP contribution >= 0.6 is 0 Å². The Morgan fingerprint density at radius 1 is 1.29 bits per heavy atom. The quantitative estimate of drug-likeness (QED) is 0.786. The number of rotatable bonds is 2. The minimum Gasteiger partial charge on any atom is -0.453 e. The number of aryl methyl sites for hydroxylation is 1. The fourth-order valence-corrected chi connectivity index (χ4v) is 1.56. The van der Waals surface area contributed by atoms with Gasteiger partial charge in [-0.2, -0.15) is 0 Å². The molecule has 1 aliphatic rings. The minimum atomic E-state index is -0.420. The van der Waals surface area contributed by atoms with Crippen molar-refractivity contribution in [3.8, 4) is 0 Å². The van der Waals surface area contributed by atoms with Crippen molar-refractivity contribution in [2.24, 2.45) is 0 Å².